The summed E-state index contributed by atoms with van der Waals surface area (Å²) in [4.78, 5) is 40.4. The maximum absolute atomic E-state index is 12.4. The monoisotopic (exact) mass is 549 g/mol. The molecule has 0 bridgehead atoms. The highest BCUT2D eigenvalue weighted by molar-refractivity contribution is 7.22. The van der Waals surface area contributed by atoms with Gasteiger partial charge in [-0.05, 0) is 49.1 Å². The summed E-state index contributed by atoms with van der Waals surface area (Å²) in [7, 11) is 1.70. The van der Waals surface area contributed by atoms with Crippen LogP contribution in [0.5, 0.6) is 0 Å². The Morgan fingerprint density at radius 3 is 2.49 bits per heavy atom. The molecule has 1 fully saturated rings. The number of urea groups is 1. The lowest BCUT2D eigenvalue weighted by Gasteiger charge is -2.40. The summed E-state index contributed by atoms with van der Waals surface area (Å²) in [5.74, 6) is 0.586. The highest BCUT2D eigenvalue weighted by Gasteiger charge is 2.36. The highest BCUT2D eigenvalue weighted by atomic mass is 32.1. The van der Waals surface area contributed by atoms with Crippen molar-refractivity contribution in [3.63, 3.8) is 0 Å². The third-order valence-corrected chi connectivity index (χ3v) is 8.27. The summed E-state index contributed by atoms with van der Waals surface area (Å²) in [5.41, 5.74) is 3.21. The van der Waals surface area contributed by atoms with E-state index >= 15 is 0 Å². The van der Waals surface area contributed by atoms with Crippen molar-refractivity contribution in [2.75, 3.05) is 29.9 Å². The van der Waals surface area contributed by atoms with Crippen LogP contribution in [-0.2, 0) is 7.05 Å². The number of nitrogens with one attached hydrogen (secondary N) is 2. The van der Waals surface area contributed by atoms with E-state index in [0.29, 0.717) is 49.1 Å². The summed E-state index contributed by atoms with van der Waals surface area (Å²) in [6, 6.07) is 7.04. The van der Waals surface area contributed by atoms with Gasteiger partial charge in [-0.2, -0.15) is 0 Å². The molecule has 1 saturated heterocycles. The Morgan fingerprint density at radius 1 is 1.13 bits per heavy atom. The van der Waals surface area contributed by atoms with Gasteiger partial charge in [-0.25, -0.2) is 19.7 Å². The number of aliphatic hydroxyl groups excluding tert-OH is 1. The molecule has 1 aliphatic rings. The predicted octanol–water partition coefficient (Wildman–Crippen LogP) is 3.18. The Labute approximate surface area is 229 Å². The van der Waals surface area contributed by atoms with E-state index in [1.165, 1.54) is 15.9 Å². The zero-order valence-electron chi connectivity index (χ0n) is 22.0. The van der Waals surface area contributed by atoms with Crippen molar-refractivity contribution in [1.29, 1.82) is 0 Å². The predicted molar refractivity (Wildman–Crippen MR) is 152 cm³/mol. The molecule has 2 amide bonds. The summed E-state index contributed by atoms with van der Waals surface area (Å²) >= 11 is 1.34. The normalized spacial score (nSPS) is 15.1. The van der Waals surface area contributed by atoms with E-state index in [9.17, 15) is 19.8 Å². The molecule has 4 heterocycles. The second kappa shape index (κ2) is 10.7. The number of aryl methyl sites for hydroxylation is 1. The van der Waals surface area contributed by atoms with Crippen molar-refractivity contribution in [3.8, 4) is 22.3 Å². The lowest BCUT2D eigenvalue weighted by Crippen LogP contribution is -2.45. The fraction of sp³-hybridized carbons (Fsp3) is 0.370. The Balaban J connectivity index is 1.49. The molecule has 0 aliphatic carbocycles. The quantitative estimate of drug-likeness (QED) is 0.268. The highest BCUT2D eigenvalue weighted by Crippen LogP contribution is 2.39. The van der Waals surface area contributed by atoms with Crippen molar-refractivity contribution in [3.05, 3.63) is 53.2 Å². The van der Waals surface area contributed by atoms with Gasteiger partial charge in [0.2, 0.25) is 5.95 Å². The third-order valence-electron chi connectivity index (χ3n) is 7.25. The molecular formula is C27H31N7O4S. The molecule has 3 aromatic heterocycles. The Morgan fingerprint density at radius 2 is 1.85 bits per heavy atom. The number of benzene rings is 1. The molecule has 0 spiro atoms. The van der Waals surface area contributed by atoms with Gasteiger partial charge in [-0.1, -0.05) is 18.3 Å². The van der Waals surface area contributed by atoms with Crippen LogP contribution in [-0.4, -0.2) is 61.7 Å². The molecular weight excluding hydrogens is 518 g/mol. The molecule has 4 N–H and O–H groups in total. The van der Waals surface area contributed by atoms with Gasteiger partial charge in [0.1, 0.15) is 0 Å². The standard InChI is InChI=1S/C27H31N7O4S/c1-4-28-25(38)32-26-31-20-12-17(11-19(22(20)39-26)16-5-8-33(3)21(35)13-16)18-14-29-24(30-15-18)34-9-6-27(2,7-10-34)23(36)37/h5,8,11-15,23,36-37H,4,6-7,9-10H2,1-3H3,(H2,28,31,32,38). The summed E-state index contributed by atoms with van der Waals surface area (Å²) in [6.45, 7) is 5.48. The summed E-state index contributed by atoms with van der Waals surface area (Å²) in [6.07, 6.45) is 5.14. The number of hydrogen-bond acceptors (Lipinski definition) is 9. The van der Waals surface area contributed by atoms with E-state index in [-0.39, 0.29) is 11.6 Å². The maximum Gasteiger partial charge on any atom is 0.321 e. The molecule has 0 radical (unpaired) electrons. The number of carbonyl (C=O) groups excluding carboxylic acids is 1. The van der Waals surface area contributed by atoms with Crippen LogP contribution in [0.25, 0.3) is 32.5 Å². The van der Waals surface area contributed by atoms with E-state index in [2.05, 4.69) is 25.6 Å². The molecule has 1 aromatic carbocycles. The van der Waals surface area contributed by atoms with E-state index in [1.54, 1.807) is 31.7 Å². The molecule has 204 valence electrons. The van der Waals surface area contributed by atoms with E-state index < -0.39 is 11.7 Å². The first kappa shape index (κ1) is 26.7. The second-order valence-electron chi connectivity index (χ2n) is 10.0. The number of hydrogen-bond donors (Lipinski definition) is 4. The van der Waals surface area contributed by atoms with Gasteiger partial charge in [-0.15, -0.1) is 0 Å². The van der Waals surface area contributed by atoms with Crippen LogP contribution in [0, 0.1) is 5.41 Å². The Kier molecular flexibility index (Phi) is 7.34. The molecule has 0 saturated carbocycles. The molecule has 5 rings (SSSR count). The molecule has 0 unspecified atom stereocenters. The number of piperidine rings is 1. The van der Waals surface area contributed by atoms with E-state index in [4.69, 9.17) is 0 Å². The van der Waals surface area contributed by atoms with Gasteiger partial charge < -0.3 is 25.0 Å². The van der Waals surface area contributed by atoms with E-state index in [0.717, 1.165) is 27.0 Å². The first-order valence-electron chi connectivity index (χ1n) is 12.8. The largest absolute Gasteiger partial charge is 0.368 e. The average Bonchev–Trinajstić information content (AvgIpc) is 3.32. The fourth-order valence-electron chi connectivity index (χ4n) is 4.59. The minimum atomic E-state index is -1.35. The Hall–Kier alpha value is -3.87. The molecule has 12 heteroatoms. The van der Waals surface area contributed by atoms with Crippen LogP contribution in [0.4, 0.5) is 15.9 Å². The Bertz CT molecular complexity index is 1560. The van der Waals surface area contributed by atoms with Crippen LogP contribution in [0.3, 0.4) is 0 Å². The average molecular weight is 550 g/mol. The number of aliphatic hydroxyl groups is 2. The lowest BCUT2D eigenvalue weighted by atomic mass is 9.80. The van der Waals surface area contributed by atoms with Crippen LogP contribution in [0.2, 0.25) is 0 Å². The van der Waals surface area contributed by atoms with Crippen LogP contribution in [0.1, 0.15) is 26.7 Å². The maximum atomic E-state index is 12.4. The molecule has 4 aromatic rings. The van der Waals surface area contributed by atoms with Gasteiger partial charge >= 0.3 is 6.03 Å². The number of pyridine rings is 1. The number of anilines is 2. The number of aromatic nitrogens is 4. The van der Waals surface area contributed by atoms with Crippen molar-refractivity contribution in [2.24, 2.45) is 12.5 Å². The van der Waals surface area contributed by atoms with Crippen molar-refractivity contribution >= 4 is 38.7 Å². The van der Waals surface area contributed by atoms with E-state index in [1.807, 2.05) is 36.9 Å². The number of thiazole rings is 1. The molecule has 11 nitrogen and oxygen atoms in total. The van der Waals surface area contributed by atoms with Gasteiger partial charge in [0, 0.05) is 67.9 Å². The topological polar surface area (TPSA) is 146 Å². The SMILES string of the molecule is CCNC(=O)Nc1nc2cc(-c3cnc(N4CCC(C)(C(O)O)CC4)nc3)cc(-c3ccn(C)c(=O)c3)c2s1. The summed E-state index contributed by atoms with van der Waals surface area (Å²) < 4.78 is 2.36. The summed E-state index contributed by atoms with van der Waals surface area (Å²) in [5, 5.41) is 25.3. The third kappa shape index (κ3) is 5.49. The van der Waals surface area contributed by atoms with Crippen LogP contribution >= 0.6 is 11.3 Å². The number of carbonyl (C=O) groups is 1. The van der Waals surface area contributed by atoms with Crippen LogP contribution in [0.15, 0.2) is 47.7 Å². The van der Waals surface area contributed by atoms with Crippen molar-refractivity contribution in [2.45, 2.75) is 33.0 Å². The first-order chi connectivity index (χ1) is 18.7. The van der Waals surface area contributed by atoms with Crippen LogP contribution < -0.4 is 21.1 Å². The first-order valence-corrected chi connectivity index (χ1v) is 13.6. The smallest absolute Gasteiger partial charge is 0.321 e. The van der Waals surface area contributed by atoms with Gasteiger partial charge in [0.25, 0.3) is 5.56 Å². The van der Waals surface area contributed by atoms with Gasteiger partial charge in [0.15, 0.2) is 11.4 Å². The zero-order valence-corrected chi connectivity index (χ0v) is 22.8. The number of amides is 2. The van der Waals surface area contributed by atoms with Gasteiger partial charge in [0.05, 0.1) is 10.2 Å². The molecule has 39 heavy (non-hydrogen) atoms. The second-order valence-corrected chi connectivity index (χ2v) is 11.0. The molecule has 0 atom stereocenters. The van der Waals surface area contributed by atoms with Gasteiger partial charge in [-0.3, -0.25) is 10.1 Å². The number of nitrogens with zero attached hydrogens (tertiary/aromatic N) is 5. The molecule has 1 aliphatic heterocycles. The minimum absolute atomic E-state index is 0.129. The minimum Gasteiger partial charge on any atom is -0.368 e. The fourth-order valence-corrected chi connectivity index (χ4v) is 5.57. The number of fused-ring (bicyclic) bond motifs is 1. The number of rotatable bonds is 6. The zero-order chi connectivity index (χ0) is 27.7. The van der Waals surface area contributed by atoms with Crippen molar-refractivity contribution < 1.29 is 15.0 Å². The lowest BCUT2D eigenvalue weighted by molar-refractivity contribution is -0.136. The van der Waals surface area contributed by atoms with Crippen molar-refractivity contribution in [1.82, 2.24) is 24.8 Å².